The molecule has 0 N–H and O–H groups in total. The molecule has 0 radical (unpaired) electrons. The minimum absolute atomic E-state index is 0.0187. The summed E-state index contributed by atoms with van der Waals surface area (Å²) >= 11 is 1.34. The van der Waals surface area contributed by atoms with Gasteiger partial charge in [0.05, 0.1) is 26.5 Å². The Kier molecular flexibility index (Phi) is 7.67. The quantitative estimate of drug-likeness (QED) is 0.253. The summed E-state index contributed by atoms with van der Waals surface area (Å²) < 4.78 is 12.5. The average Bonchev–Trinajstić information content (AvgIpc) is 3.32. The van der Waals surface area contributed by atoms with E-state index in [0.29, 0.717) is 22.5 Å². The van der Waals surface area contributed by atoms with E-state index in [4.69, 9.17) is 9.47 Å². The molecule has 0 bridgehead atoms. The Bertz CT molecular complexity index is 1280. The van der Waals surface area contributed by atoms with E-state index in [0.717, 1.165) is 16.8 Å². The van der Waals surface area contributed by atoms with Gasteiger partial charge in [-0.15, -0.1) is 10.2 Å². The number of thioether (sulfide) groups is 1. The summed E-state index contributed by atoms with van der Waals surface area (Å²) in [7, 11) is 3.16. The molecule has 0 aliphatic rings. The van der Waals surface area contributed by atoms with Gasteiger partial charge in [-0.3, -0.25) is 19.3 Å². The monoisotopic (exact) mass is 473 g/mol. The van der Waals surface area contributed by atoms with Crippen LogP contribution in [0.5, 0.6) is 11.5 Å². The van der Waals surface area contributed by atoms with Crippen molar-refractivity contribution in [1.29, 1.82) is 0 Å². The lowest BCUT2D eigenvalue weighted by Gasteiger charge is -2.10. The SMILES string of the molecule is COc1ccc(C=NCC(=O)CSc2nnc(-c3ccncc3)n2-c2ccccc2)cc1OC. The van der Waals surface area contributed by atoms with Gasteiger partial charge in [0.25, 0.3) is 0 Å². The van der Waals surface area contributed by atoms with Gasteiger partial charge in [0, 0.05) is 29.9 Å². The molecule has 172 valence electrons. The molecule has 2 aromatic carbocycles. The lowest BCUT2D eigenvalue weighted by Crippen LogP contribution is -2.07. The molecule has 9 heteroatoms. The fraction of sp³-hybridized carbons (Fsp3) is 0.160. The summed E-state index contributed by atoms with van der Waals surface area (Å²) in [5.74, 6) is 2.15. The van der Waals surface area contributed by atoms with E-state index in [2.05, 4.69) is 20.2 Å². The molecule has 0 atom stereocenters. The molecule has 8 nitrogen and oxygen atoms in total. The molecule has 4 aromatic rings. The maximum atomic E-state index is 12.5. The zero-order chi connectivity index (χ0) is 23.8. The van der Waals surface area contributed by atoms with Crippen LogP contribution in [0.4, 0.5) is 0 Å². The van der Waals surface area contributed by atoms with E-state index in [1.54, 1.807) is 38.9 Å². The molecule has 2 heterocycles. The maximum Gasteiger partial charge on any atom is 0.196 e. The Labute approximate surface area is 201 Å². The largest absolute Gasteiger partial charge is 0.493 e. The average molecular weight is 474 g/mol. The van der Waals surface area contributed by atoms with Crippen LogP contribution < -0.4 is 9.47 Å². The van der Waals surface area contributed by atoms with Crippen molar-refractivity contribution in [3.05, 3.63) is 78.6 Å². The number of aromatic nitrogens is 4. The predicted molar refractivity (Wildman–Crippen MR) is 132 cm³/mol. The van der Waals surface area contributed by atoms with Crippen molar-refractivity contribution in [2.45, 2.75) is 5.16 Å². The second-order valence-electron chi connectivity index (χ2n) is 7.12. The van der Waals surface area contributed by atoms with Gasteiger partial charge in [0.2, 0.25) is 0 Å². The van der Waals surface area contributed by atoms with E-state index >= 15 is 0 Å². The molecule has 0 unspecified atom stereocenters. The Balaban J connectivity index is 1.45. The highest BCUT2D eigenvalue weighted by Gasteiger charge is 2.17. The Morgan fingerprint density at radius 3 is 2.50 bits per heavy atom. The highest BCUT2D eigenvalue weighted by atomic mass is 32.2. The van der Waals surface area contributed by atoms with Crippen LogP contribution >= 0.6 is 11.8 Å². The van der Waals surface area contributed by atoms with Gasteiger partial charge in [-0.05, 0) is 48.0 Å². The molecular formula is C25H23N5O3S. The Hall–Kier alpha value is -3.98. The van der Waals surface area contributed by atoms with Crippen molar-refractivity contribution in [2.24, 2.45) is 4.99 Å². The number of methoxy groups -OCH3 is 2. The van der Waals surface area contributed by atoms with Crippen molar-refractivity contribution < 1.29 is 14.3 Å². The fourth-order valence-corrected chi connectivity index (χ4v) is 4.04. The number of hydrogen-bond donors (Lipinski definition) is 0. The molecule has 0 fully saturated rings. The molecule has 0 aliphatic heterocycles. The number of nitrogens with zero attached hydrogens (tertiary/aromatic N) is 5. The van der Waals surface area contributed by atoms with Crippen molar-refractivity contribution in [3.63, 3.8) is 0 Å². The number of ether oxygens (including phenoxy) is 2. The number of hydrogen-bond acceptors (Lipinski definition) is 8. The molecule has 4 rings (SSSR count). The Morgan fingerprint density at radius 1 is 1.00 bits per heavy atom. The molecule has 34 heavy (non-hydrogen) atoms. The van der Waals surface area contributed by atoms with Gasteiger partial charge in [-0.2, -0.15) is 0 Å². The van der Waals surface area contributed by atoms with Crippen molar-refractivity contribution in [2.75, 3.05) is 26.5 Å². The maximum absolute atomic E-state index is 12.5. The number of ketones is 1. The summed E-state index contributed by atoms with van der Waals surface area (Å²) in [6.45, 7) is 0.0675. The summed E-state index contributed by atoms with van der Waals surface area (Å²) in [5, 5.41) is 9.35. The number of aliphatic imine (C=N–C) groups is 1. The fourth-order valence-electron chi connectivity index (χ4n) is 3.24. The first-order valence-corrected chi connectivity index (χ1v) is 11.5. The summed E-state index contributed by atoms with van der Waals surface area (Å²) in [6.07, 6.45) is 5.08. The first-order chi connectivity index (χ1) is 16.7. The Morgan fingerprint density at radius 2 is 1.76 bits per heavy atom. The van der Waals surface area contributed by atoms with E-state index in [9.17, 15) is 4.79 Å². The first-order valence-electron chi connectivity index (χ1n) is 10.5. The third kappa shape index (κ3) is 5.49. The zero-order valence-corrected chi connectivity index (χ0v) is 19.6. The lowest BCUT2D eigenvalue weighted by atomic mass is 10.2. The van der Waals surface area contributed by atoms with Gasteiger partial charge in [-0.25, -0.2) is 0 Å². The number of rotatable bonds is 10. The first kappa shape index (κ1) is 23.2. The second-order valence-corrected chi connectivity index (χ2v) is 8.07. The minimum Gasteiger partial charge on any atom is -0.493 e. The van der Waals surface area contributed by atoms with E-state index in [1.807, 2.05) is 59.2 Å². The third-order valence-electron chi connectivity index (χ3n) is 4.86. The molecule has 0 saturated carbocycles. The van der Waals surface area contributed by atoms with Crippen LogP contribution in [0.3, 0.4) is 0 Å². The second kappa shape index (κ2) is 11.2. The predicted octanol–water partition coefficient (Wildman–Crippen LogP) is 4.13. The molecule has 0 amide bonds. The highest BCUT2D eigenvalue weighted by molar-refractivity contribution is 7.99. The standard InChI is InChI=1S/C25H23N5O3S/c1-32-22-9-8-18(14-23(22)33-2)15-27-16-21(31)17-34-25-29-28-24(19-10-12-26-13-11-19)30(25)20-6-4-3-5-7-20/h3-15H,16-17H2,1-2H3. The van der Waals surface area contributed by atoms with Gasteiger partial charge in [0.1, 0.15) is 0 Å². The lowest BCUT2D eigenvalue weighted by molar-refractivity contribution is -0.115. The van der Waals surface area contributed by atoms with Crippen molar-refractivity contribution in [1.82, 2.24) is 19.7 Å². The van der Waals surface area contributed by atoms with E-state index in [1.165, 1.54) is 11.8 Å². The number of carbonyl (C=O) groups is 1. The van der Waals surface area contributed by atoms with Crippen LogP contribution in [0.2, 0.25) is 0 Å². The number of Topliss-reactive ketones (excluding diaryl/α,β-unsaturated/α-hetero) is 1. The third-order valence-corrected chi connectivity index (χ3v) is 5.85. The highest BCUT2D eigenvalue weighted by Crippen LogP contribution is 2.28. The van der Waals surface area contributed by atoms with Crippen molar-refractivity contribution in [3.8, 4) is 28.6 Å². The topological polar surface area (TPSA) is 91.5 Å². The van der Waals surface area contributed by atoms with Crippen LogP contribution in [0.25, 0.3) is 17.1 Å². The molecular weight excluding hydrogens is 450 g/mol. The smallest absolute Gasteiger partial charge is 0.196 e. The van der Waals surface area contributed by atoms with Gasteiger partial charge in [-0.1, -0.05) is 30.0 Å². The molecule has 2 aromatic heterocycles. The molecule has 0 aliphatic carbocycles. The van der Waals surface area contributed by atoms with Gasteiger partial charge in [0.15, 0.2) is 28.3 Å². The summed E-state index contributed by atoms with van der Waals surface area (Å²) in [4.78, 5) is 20.9. The van der Waals surface area contributed by atoms with Gasteiger partial charge >= 0.3 is 0 Å². The van der Waals surface area contributed by atoms with Crippen LogP contribution in [0.1, 0.15) is 5.56 Å². The van der Waals surface area contributed by atoms with Gasteiger partial charge < -0.3 is 9.47 Å². The van der Waals surface area contributed by atoms with Crippen LogP contribution in [0, 0.1) is 0 Å². The summed E-state index contributed by atoms with van der Waals surface area (Å²) in [6, 6.07) is 19.0. The molecule has 0 saturated heterocycles. The summed E-state index contributed by atoms with van der Waals surface area (Å²) in [5.41, 5.74) is 2.63. The van der Waals surface area contributed by atoms with E-state index < -0.39 is 0 Å². The normalized spacial score (nSPS) is 11.0. The number of benzene rings is 2. The van der Waals surface area contributed by atoms with Crippen LogP contribution in [-0.2, 0) is 4.79 Å². The number of pyridine rings is 1. The van der Waals surface area contributed by atoms with Crippen LogP contribution in [0.15, 0.2) is 83.2 Å². The molecule has 0 spiro atoms. The number of carbonyl (C=O) groups excluding carboxylic acids is 1. The van der Waals surface area contributed by atoms with E-state index in [-0.39, 0.29) is 18.1 Å². The van der Waals surface area contributed by atoms with Crippen LogP contribution in [-0.4, -0.2) is 58.3 Å². The number of para-hydroxylation sites is 1. The zero-order valence-electron chi connectivity index (χ0n) is 18.8. The minimum atomic E-state index is -0.0187. The van der Waals surface area contributed by atoms with Crippen molar-refractivity contribution >= 4 is 23.8 Å².